The van der Waals surface area contributed by atoms with Crippen LogP contribution in [0, 0.1) is 0 Å². The van der Waals surface area contributed by atoms with Crippen molar-refractivity contribution in [3.8, 4) is 0 Å². The molecule has 0 aromatic carbocycles. The first-order valence-electron chi connectivity index (χ1n) is 5.61. The van der Waals surface area contributed by atoms with Crippen LogP contribution in [0.2, 0.25) is 0 Å². The fourth-order valence-corrected chi connectivity index (χ4v) is 3.89. The minimum absolute atomic E-state index is 0.206. The van der Waals surface area contributed by atoms with Crippen molar-refractivity contribution in [3.05, 3.63) is 25.7 Å². The van der Waals surface area contributed by atoms with E-state index >= 15 is 0 Å². The number of hydrogen-bond donors (Lipinski definition) is 0. The van der Waals surface area contributed by atoms with Crippen molar-refractivity contribution in [1.82, 2.24) is 4.90 Å². The van der Waals surface area contributed by atoms with E-state index < -0.39 is 0 Å². The molecular formula is C12H12BrNO3S2. The van der Waals surface area contributed by atoms with Gasteiger partial charge in [-0.15, -0.1) is 11.3 Å². The summed E-state index contributed by atoms with van der Waals surface area (Å²) in [6.07, 6.45) is 2.42. The number of hydrogen-bond acceptors (Lipinski definition) is 5. The van der Waals surface area contributed by atoms with Gasteiger partial charge in [-0.1, -0.05) is 0 Å². The van der Waals surface area contributed by atoms with Crippen LogP contribution in [0.3, 0.4) is 0 Å². The Hall–Kier alpha value is -0.630. The van der Waals surface area contributed by atoms with Crippen LogP contribution in [0.1, 0.15) is 11.3 Å². The molecule has 1 aliphatic rings. The number of amides is 2. The largest absolute Gasteiger partial charge is 0.385 e. The van der Waals surface area contributed by atoms with Crippen molar-refractivity contribution in [1.29, 1.82) is 0 Å². The Kier molecular flexibility index (Phi) is 5.20. The van der Waals surface area contributed by atoms with Crippen molar-refractivity contribution < 1.29 is 14.3 Å². The Labute approximate surface area is 127 Å². The van der Waals surface area contributed by atoms with Gasteiger partial charge in [0, 0.05) is 25.1 Å². The third-order valence-corrected chi connectivity index (χ3v) is 4.95. The van der Waals surface area contributed by atoms with E-state index in [-0.39, 0.29) is 11.1 Å². The zero-order valence-electron chi connectivity index (χ0n) is 10.2. The number of rotatable bonds is 5. The first kappa shape index (κ1) is 14.8. The normalized spacial score (nSPS) is 17.8. The molecule has 1 fully saturated rings. The standard InChI is InChI=1S/C12H12BrNO3S2/c1-17-6-2-5-14-11(15)9(19-12(14)16)7-8-3-4-10(13)18-8/h3-4,7H,2,5-6H2,1H3/b9-7+. The van der Waals surface area contributed by atoms with E-state index in [1.54, 1.807) is 13.2 Å². The van der Waals surface area contributed by atoms with Gasteiger partial charge in [-0.3, -0.25) is 14.5 Å². The predicted octanol–water partition coefficient (Wildman–Crippen LogP) is 3.58. The van der Waals surface area contributed by atoms with Crippen LogP contribution in [0.15, 0.2) is 20.8 Å². The van der Waals surface area contributed by atoms with Gasteiger partial charge in [0.05, 0.1) is 8.69 Å². The van der Waals surface area contributed by atoms with E-state index in [1.165, 1.54) is 16.2 Å². The number of thiophene rings is 1. The molecular weight excluding hydrogens is 350 g/mol. The number of thioether (sulfide) groups is 1. The van der Waals surface area contributed by atoms with E-state index in [9.17, 15) is 9.59 Å². The Morgan fingerprint density at radius 1 is 1.42 bits per heavy atom. The molecule has 0 atom stereocenters. The second kappa shape index (κ2) is 6.69. The molecule has 2 rings (SSSR count). The number of ether oxygens (including phenoxy) is 1. The molecule has 0 aliphatic carbocycles. The van der Waals surface area contributed by atoms with Gasteiger partial charge in [-0.2, -0.15) is 0 Å². The van der Waals surface area contributed by atoms with Crippen molar-refractivity contribution in [2.75, 3.05) is 20.3 Å². The highest BCUT2D eigenvalue weighted by Crippen LogP contribution is 2.34. The number of carbonyl (C=O) groups excluding carboxylic acids is 2. The fourth-order valence-electron chi connectivity index (χ4n) is 1.59. The molecule has 1 aromatic heterocycles. The molecule has 19 heavy (non-hydrogen) atoms. The summed E-state index contributed by atoms with van der Waals surface area (Å²) in [6.45, 7) is 0.947. The highest BCUT2D eigenvalue weighted by Gasteiger charge is 2.34. The second-order valence-corrected chi connectivity index (χ2v) is 7.31. The zero-order chi connectivity index (χ0) is 13.8. The Bertz CT molecular complexity index is 527. The van der Waals surface area contributed by atoms with Gasteiger partial charge in [0.15, 0.2) is 0 Å². The van der Waals surface area contributed by atoms with Gasteiger partial charge in [0.2, 0.25) is 0 Å². The topological polar surface area (TPSA) is 46.6 Å². The number of imide groups is 1. The summed E-state index contributed by atoms with van der Waals surface area (Å²) in [7, 11) is 1.60. The molecule has 102 valence electrons. The van der Waals surface area contributed by atoms with Crippen LogP contribution in [0.5, 0.6) is 0 Å². The molecule has 0 N–H and O–H groups in total. The summed E-state index contributed by atoms with van der Waals surface area (Å²) < 4.78 is 5.92. The first-order chi connectivity index (χ1) is 9.11. The van der Waals surface area contributed by atoms with Crippen LogP contribution >= 0.6 is 39.0 Å². The van der Waals surface area contributed by atoms with E-state index in [0.29, 0.717) is 24.5 Å². The Morgan fingerprint density at radius 3 is 2.84 bits per heavy atom. The average molecular weight is 362 g/mol. The highest BCUT2D eigenvalue weighted by molar-refractivity contribution is 9.11. The van der Waals surface area contributed by atoms with E-state index in [1.807, 2.05) is 12.1 Å². The summed E-state index contributed by atoms with van der Waals surface area (Å²) in [6, 6.07) is 3.83. The fraction of sp³-hybridized carbons (Fsp3) is 0.333. The van der Waals surface area contributed by atoms with Crippen LogP contribution in [-0.4, -0.2) is 36.3 Å². The quantitative estimate of drug-likeness (QED) is 0.593. The summed E-state index contributed by atoms with van der Waals surface area (Å²) in [4.78, 5) is 26.6. The lowest BCUT2D eigenvalue weighted by atomic mass is 10.3. The molecule has 2 amide bonds. The molecule has 2 heterocycles. The van der Waals surface area contributed by atoms with Gasteiger partial charge in [-0.25, -0.2) is 0 Å². The minimum Gasteiger partial charge on any atom is -0.385 e. The van der Waals surface area contributed by atoms with Crippen LogP contribution in [0.25, 0.3) is 6.08 Å². The van der Waals surface area contributed by atoms with Gasteiger partial charge in [0.1, 0.15) is 0 Å². The summed E-state index contributed by atoms with van der Waals surface area (Å²) >= 11 is 5.89. The predicted molar refractivity (Wildman–Crippen MR) is 81.2 cm³/mol. The van der Waals surface area contributed by atoms with Crippen LogP contribution in [0.4, 0.5) is 4.79 Å². The number of methoxy groups -OCH3 is 1. The summed E-state index contributed by atoms with van der Waals surface area (Å²) in [5, 5.41) is -0.206. The Balaban J connectivity index is 2.07. The number of carbonyl (C=O) groups is 2. The van der Waals surface area contributed by atoms with Crippen LogP contribution in [-0.2, 0) is 9.53 Å². The molecule has 1 aromatic rings. The maximum atomic E-state index is 12.1. The third-order valence-electron chi connectivity index (χ3n) is 2.47. The van der Waals surface area contributed by atoms with Gasteiger partial charge >= 0.3 is 0 Å². The highest BCUT2D eigenvalue weighted by atomic mass is 79.9. The van der Waals surface area contributed by atoms with Gasteiger partial charge < -0.3 is 4.74 Å². The SMILES string of the molecule is COCCCN1C(=O)S/C(=C/c2ccc(Br)s2)C1=O. The maximum Gasteiger partial charge on any atom is 0.293 e. The smallest absolute Gasteiger partial charge is 0.293 e. The molecule has 0 unspecified atom stereocenters. The Morgan fingerprint density at radius 2 is 2.21 bits per heavy atom. The molecule has 0 radical (unpaired) electrons. The van der Waals surface area contributed by atoms with E-state index in [2.05, 4.69) is 15.9 Å². The molecule has 1 aliphatic heterocycles. The van der Waals surface area contributed by atoms with Gasteiger partial charge in [-0.05, 0) is 52.3 Å². The zero-order valence-corrected chi connectivity index (χ0v) is 13.4. The number of halogens is 1. The van der Waals surface area contributed by atoms with Crippen molar-refractivity contribution in [3.63, 3.8) is 0 Å². The number of nitrogens with zero attached hydrogens (tertiary/aromatic N) is 1. The monoisotopic (exact) mass is 361 g/mol. The maximum absolute atomic E-state index is 12.1. The molecule has 7 heteroatoms. The van der Waals surface area contributed by atoms with Gasteiger partial charge in [0.25, 0.3) is 11.1 Å². The lowest BCUT2D eigenvalue weighted by Crippen LogP contribution is -2.29. The van der Waals surface area contributed by atoms with Crippen LogP contribution < -0.4 is 0 Å². The van der Waals surface area contributed by atoms with Crippen molar-refractivity contribution in [2.45, 2.75) is 6.42 Å². The first-order valence-corrected chi connectivity index (χ1v) is 8.04. The van der Waals surface area contributed by atoms with Crippen molar-refractivity contribution in [2.24, 2.45) is 0 Å². The lowest BCUT2D eigenvalue weighted by Gasteiger charge is -2.11. The molecule has 0 saturated carbocycles. The summed E-state index contributed by atoms with van der Waals surface area (Å²) in [5.74, 6) is -0.212. The molecule has 4 nitrogen and oxygen atoms in total. The molecule has 1 saturated heterocycles. The van der Waals surface area contributed by atoms with E-state index in [0.717, 1.165) is 20.4 Å². The lowest BCUT2D eigenvalue weighted by molar-refractivity contribution is -0.122. The third kappa shape index (κ3) is 3.68. The summed E-state index contributed by atoms with van der Waals surface area (Å²) in [5.41, 5.74) is 0. The van der Waals surface area contributed by atoms with Crippen molar-refractivity contribution >= 4 is 56.3 Å². The average Bonchev–Trinajstić information content (AvgIpc) is 2.88. The molecule has 0 spiro atoms. The molecule has 0 bridgehead atoms. The second-order valence-electron chi connectivity index (χ2n) is 3.82. The minimum atomic E-state index is -0.212. The van der Waals surface area contributed by atoms with E-state index in [4.69, 9.17) is 4.74 Å².